The fourth-order valence-electron chi connectivity index (χ4n) is 3.93. The Morgan fingerprint density at radius 2 is 1.76 bits per heavy atom. The molecule has 1 amide bonds. The molecule has 0 spiro atoms. The van der Waals surface area contributed by atoms with Crippen molar-refractivity contribution < 1.29 is 26.4 Å². The second-order valence-electron chi connectivity index (χ2n) is 8.09. The molecule has 2 heterocycles. The maximum absolute atomic E-state index is 13.6. The van der Waals surface area contributed by atoms with Gasteiger partial charge in [-0.3, -0.25) is 4.79 Å². The van der Waals surface area contributed by atoms with E-state index in [4.69, 9.17) is 4.42 Å². The van der Waals surface area contributed by atoms with E-state index in [2.05, 4.69) is 0 Å². The number of carbonyl (C=O) groups excluding carboxylic acids is 1. The molecule has 1 aliphatic heterocycles. The van der Waals surface area contributed by atoms with E-state index < -0.39 is 21.7 Å². The van der Waals surface area contributed by atoms with Crippen LogP contribution >= 0.6 is 0 Å². The highest BCUT2D eigenvalue weighted by Gasteiger charge is 2.34. The number of hydrogen-bond acceptors (Lipinski definition) is 4. The highest BCUT2D eigenvalue weighted by atomic mass is 32.2. The lowest BCUT2D eigenvalue weighted by molar-refractivity contribution is -0.123. The first-order chi connectivity index (χ1) is 15.8. The molecule has 0 unspecified atom stereocenters. The highest BCUT2D eigenvalue weighted by molar-refractivity contribution is 7.89. The normalized spacial score (nSPS) is 15.5. The zero-order valence-corrected chi connectivity index (χ0v) is 18.9. The van der Waals surface area contributed by atoms with Gasteiger partial charge in [0.25, 0.3) is 0 Å². The summed E-state index contributed by atoms with van der Waals surface area (Å²) in [7, 11) is -3.98. The molecular formula is C24H24F2N2O4S. The zero-order valence-electron chi connectivity index (χ0n) is 18.1. The smallest absolute Gasteiger partial charge is 0.243 e. The quantitative estimate of drug-likeness (QED) is 0.528. The van der Waals surface area contributed by atoms with Crippen molar-refractivity contribution in [3.05, 3.63) is 83.8 Å². The van der Waals surface area contributed by atoms with Crippen LogP contribution in [0.15, 0.2) is 70.2 Å². The number of carbonyl (C=O) groups is 1. The van der Waals surface area contributed by atoms with Gasteiger partial charge in [0.15, 0.2) is 11.6 Å². The van der Waals surface area contributed by atoms with E-state index in [-0.39, 0.29) is 36.4 Å². The predicted molar refractivity (Wildman–Crippen MR) is 119 cm³/mol. The molecule has 1 fully saturated rings. The van der Waals surface area contributed by atoms with Crippen LogP contribution in [-0.2, 0) is 21.4 Å². The zero-order chi connectivity index (χ0) is 23.6. The van der Waals surface area contributed by atoms with Crippen molar-refractivity contribution in [1.82, 2.24) is 4.31 Å². The van der Waals surface area contributed by atoms with E-state index in [9.17, 15) is 22.0 Å². The number of anilines is 1. The molecular weight excluding hydrogens is 450 g/mol. The topological polar surface area (TPSA) is 70.8 Å². The summed E-state index contributed by atoms with van der Waals surface area (Å²) >= 11 is 0. The van der Waals surface area contributed by atoms with Crippen molar-refractivity contribution in [2.75, 3.05) is 18.0 Å². The number of nitrogens with zero attached hydrogens (tertiary/aromatic N) is 2. The number of rotatable bonds is 6. The van der Waals surface area contributed by atoms with Crippen molar-refractivity contribution >= 4 is 21.6 Å². The molecule has 0 N–H and O–H groups in total. The van der Waals surface area contributed by atoms with Crippen LogP contribution < -0.4 is 4.90 Å². The first-order valence-electron chi connectivity index (χ1n) is 10.6. The molecule has 0 saturated carbocycles. The largest absolute Gasteiger partial charge is 0.467 e. The van der Waals surface area contributed by atoms with Crippen molar-refractivity contribution in [2.45, 2.75) is 31.2 Å². The Labute approximate surface area is 191 Å². The van der Waals surface area contributed by atoms with Gasteiger partial charge in [0.1, 0.15) is 5.76 Å². The Balaban J connectivity index is 1.49. The summed E-state index contributed by atoms with van der Waals surface area (Å²) in [6.45, 7) is 2.45. The molecule has 0 bridgehead atoms. The third kappa shape index (κ3) is 4.99. The van der Waals surface area contributed by atoms with Crippen LogP contribution in [0, 0.1) is 24.5 Å². The van der Waals surface area contributed by atoms with Crippen LogP contribution in [-0.4, -0.2) is 31.7 Å². The van der Waals surface area contributed by atoms with Gasteiger partial charge in [-0.15, -0.1) is 0 Å². The minimum atomic E-state index is -3.98. The van der Waals surface area contributed by atoms with Crippen LogP contribution in [0.1, 0.15) is 24.2 Å². The molecule has 1 aliphatic rings. The Hall–Kier alpha value is -3.04. The van der Waals surface area contributed by atoms with Crippen LogP contribution in [0.4, 0.5) is 14.5 Å². The Morgan fingerprint density at radius 1 is 1.06 bits per heavy atom. The van der Waals surface area contributed by atoms with E-state index in [1.807, 2.05) is 31.2 Å². The summed E-state index contributed by atoms with van der Waals surface area (Å²) in [5.74, 6) is -2.17. The number of sulfonamides is 1. The van der Waals surface area contributed by atoms with E-state index >= 15 is 0 Å². The molecule has 2 aromatic carbocycles. The molecule has 1 aromatic heterocycles. The van der Waals surface area contributed by atoms with E-state index in [0.717, 1.165) is 23.4 Å². The summed E-state index contributed by atoms with van der Waals surface area (Å²) < 4.78 is 59.1. The molecule has 33 heavy (non-hydrogen) atoms. The molecule has 1 saturated heterocycles. The van der Waals surface area contributed by atoms with Gasteiger partial charge in [-0.1, -0.05) is 17.7 Å². The Kier molecular flexibility index (Phi) is 6.62. The Bertz CT molecular complexity index is 1220. The second kappa shape index (κ2) is 9.44. The molecule has 0 atom stereocenters. The van der Waals surface area contributed by atoms with Gasteiger partial charge in [0.2, 0.25) is 15.9 Å². The van der Waals surface area contributed by atoms with Gasteiger partial charge in [-0.25, -0.2) is 17.2 Å². The number of aryl methyl sites for hydroxylation is 1. The first-order valence-corrected chi connectivity index (χ1v) is 12.1. The van der Waals surface area contributed by atoms with E-state index in [0.29, 0.717) is 24.7 Å². The van der Waals surface area contributed by atoms with Gasteiger partial charge in [-0.2, -0.15) is 4.31 Å². The lowest BCUT2D eigenvalue weighted by atomic mass is 9.96. The van der Waals surface area contributed by atoms with Crippen molar-refractivity contribution in [3.8, 4) is 0 Å². The summed E-state index contributed by atoms with van der Waals surface area (Å²) in [6, 6.07) is 13.7. The number of benzene rings is 2. The van der Waals surface area contributed by atoms with Crippen molar-refractivity contribution in [3.63, 3.8) is 0 Å². The predicted octanol–water partition coefficient (Wildman–Crippen LogP) is 4.50. The average Bonchev–Trinajstić information content (AvgIpc) is 3.33. The van der Waals surface area contributed by atoms with Crippen LogP contribution in [0.25, 0.3) is 0 Å². The van der Waals surface area contributed by atoms with E-state index in [1.54, 1.807) is 23.3 Å². The number of hydrogen-bond donors (Lipinski definition) is 0. The monoisotopic (exact) mass is 474 g/mol. The fourth-order valence-corrected chi connectivity index (χ4v) is 5.41. The molecule has 174 valence electrons. The first kappa shape index (κ1) is 23.1. The second-order valence-corrected chi connectivity index (χ2v) is 10.0. The third-order valence-corrected chi connectivity index (χ3v) is 7.73. The van der Waals surface area contributed by atoms with Crippen LogP contribution in [0.2, 0.25) is 0 Å². The molecule has 0 aliphatic carbocycles. The van der Waals surface area contributed by atoms with Gasteiger partial charge in [0.05, 0.1) is 17.7 Å². The van der Waals surface area contributed by atoms with Crippen LogP contribution in [0.5, 0.6) is 0 Å². The third-order valence-electron chi connectivity index (χ3n) is 5.84. The summed E-state index contributed by atoms with van der Waals surface area (Å²) in [6.07, 6.45) is 2.19. The minimum Gasteiger partial charge on any atom is -0.467 e. The highest BCUT2D eigenvalue weighted by Crippen LogP contribution is 2.28. The Morgan fingerprint density at radius 3 is 2.36 bits per heavy atom. The lowest BCUT2D eigenvalue weighted by Crippen LogP contribution is -2.44. The van der Waals surface area contributed by atoms with Gasteiger partial charge in [0, 0.05) is 24.7 Å². The van der Waals surface area contributed by atoms with E-state index in [1.165, 1.54) is 4.31 Å². The van der Waals surface area contributed by atoms with Gasteiger partial charge >= 0.3 is 0 Å². The summed E-state index contributed by atoms with van der Waals surface area (Å²) in [5, 5.41) is 0. The maximum atomic E-state index is 13.6. The average molecular weight is 475 g/mol. The molecule has 4 rings (SSSR count). The van der Waals surface area contributed by atoms with Crippen molar-refractivity contribution in [1.29, 1.82) is 0 Å². The van der Waals surface area contributed by atoms with Crippen LogP contribution in [0.3, 0.4) is 0 Å². The van der Waals surface area contributed by atoms with Gasteiger partial charge < -0.3 is 9.32 Å². The van der Waals surface area contributed by atoms with Gasteiger partial charge in [-0.05, 0) is 62.2 Å². The number of halogens is 2. The molecule has 3 aromatic rings. The molecule has 9 heteroatoms. The maximum Gasteiger partial charge on any atom is 0.243 e. The SMILES string of the molecule is Cc1ccc(N(Cc2ccco2)C(=O)C2CCN(S(=O)(=O)c3ccc(F)c(F)c3)CC2)cc1. The summed E-state index contributed by atoms with van der Waals surface area (Å²) in [5.41, 5.74) is 1.80. The molecule has 0 radical (unpaired) electrons. The fraction of sp³-hybridized carbons (Fsp3) is 0.292. The molecule has 6 nitrogen and oxygen atoms in total. The lowest BCUT2D eigenvalue weighted by Gasteiger charge is -2.33. The number of furan rings is 1. The number of piperidine rings is 1. The van der Waals surface area contributed by atoms with Crippen molar-refractivity contribution in [2.24, 2.45) is 5.92 Å². The standard InChI is InChI=1S/C24H24F2N2O4S/c1-17-4-6-19(7-5-17)28(16-20-3-2-14-32-20)24(29)18-10-12-27(13-11-18)33(30,31)21-8-9-22(25)23(26)15-21/h2-9,14-15,18H,10-13,16H2,1H3. The summed E-state index contributed by atoms with van der Waals surface area (Å²) in [4.78, 5) is 14.8. The number of amides is 1. The minimum absolute atomic E-state index is 0.111.